The van der Waals surface area contributed by atoms with E-state index in [2.05, 4.69) is 5.32 Å². The molecule has 0 unspecified atom stereocenters. The molecule has 0 aliphatic rings. The van der Waals surface area contributed by atoms with Crippen molar-refractivity contribution in [2.24, 2.45) is 11.5 Å². The average Bonchev–Trinajstić information content (AvgIpc) is 2.20. The molecule has 0 atom stereocenters. The van der Waals surface area contributed by atoms with Crippen LogP contribution in [0.25, 0.3) is 0 Å². The van der Waals surface area contributed by atoms with E-state index >= 15 is 0 Å². The molecule has 0 aliphatic carbocycles. The molecule has 5 nitrogen and oxygen atoms in total. The number of amides is 2. The lowest BCUT2D eigenvalue weighted by atomic mass is 10.2. The summed E-state index contributed by atoms with van der Waals surface area (Å²) in [5, 5.41) is 2.73. The first kappa shape index (κ1) is 11.5. The molecule has 1 rings (SSSR count). The van der Waals surface area contributed by atoms with E-state index in [9.17, 15) is 9.59 Å². The van der Waals surface area contributed by atoms with E-state index in [-0.39, 0.29) is 23.0 Å². The summed E-state index contributed by atoms with van der Waals surface area (Å²) in [6.45, 7) is -0.130. The van der Waals surface area contributed by atoms with Gasteiger partial charge in [0.2, 0.25) is 11.8 Å². The first-order valence-corrected chi connectivity index (χ1v) is 4.51. The first-order valence-electron chi connectivity index (χ1n) is 4.14. The van der Waals surface area contributed by atoms with Crippen LogP contribution in [0.2, 0.25) is 5.02 Å². The molecule has 0 heterocycles. The van der Waals surface area contributed by atoms with Crippen LogP contribution in [0.5, 0.6) is 0 Å². The highest BCUT2D eigenvalue weighted by Crippen LogP contribution is 2.19. The topological polar surface area (TPSA) is 98.2 Å². The third-order valence-corrected chi connectivity index (χ3v) is 2.03. The van der Waals surface area contributed by atoms with Crippen LogP contribution in [0.3, 0.4) is 0 Å². The molecule has 2 amide bonds. The van der Waals surface area contributed by atoms with Crippen LogP contribution in [0.15, 0.2) is 18.2 Å². The standard InChI is InChI=1S/C9H10ClN3O2/c10-7-2-1-5(13-8(14)4-11)3-6(7)9(12)15/h1-3H,4,11H2,(H2,12,15)(H,13,14). The van der Waals surface area contributed by atoms with Gasteiger partial charge in [-0.3, -0.25) is 9.59 Å². The van der Waals surface area contributed by atoms with E-state index < -0.39 is 5.91 Å². The summed E-state index contributed by atoms with van der Waals surface area (Å²) in [7, 11) is 0. The molecule has 1 aromatic rings. The number of carbonyl (C=O) groups is 2. The van der Waals surface area contributed by atoms with Gasteiger partial charge in [-0.15, -0.1) is 0 Å². The van der Waals surface area contributed by atoms with Gasteiger partial charge in [-0.25, -0.2) is 0 Å². The van der Waals surface area contributed by atoms with Crippen LogP contribution in [0.4, 0.5) is 5.69 Å². The number of anilines is 1. The Morgan fingerprint density at radius 2 is 2.07 bits per heavy atom. The molecule has 6 heteroatoms. The lowest BCUT2D eigenvalue weighted by Crippen LogP contribution is -2.22. The SMILES string of the molecule is NCC(=O)Nc1ccc(Cl)c(C(N)=O)c1. The van der Waals surface area contributed by atoms with E-state index in [0.29, 0.717) is 5.69 Å². The van der Waals surface area contributed by atoms with Gasteiger partial charge in [0.25, 0.3) is 0 Å². The molecule has 5 N–H and O–H groups in total. The number of rotatable bonds is 3. The van der Waals surface area contributed by atoms with Gasteiger partial charge in [0.15, 0.2) is 0 Å². The minimum Gasteiger partial charge on any atom is -0.366 e. The number of nitrogens with two attached hydrogens (primary N) is 2. The Labute approximate surface area is 91.4 Å². The zero-order valence-electron chi connectivity index (χ0n) is 7.79. The Hall–Kier alpha value is -1.59. The van der Waals surface area contributed by atoms with Crippen molar-refractivity contribution in [2.75, 3.05) is 11.9 Å². The Bertz CT molecular complexity index is 406. The number of primary amides is 1. The molecule has 0 saturated carbocycles. The van der Waals surface area contributed by atoms with E-state index in [1.165, 1.54) is 12.1 Å². The number of halogens is 1. The average molecular weight is 228 g/mol. The fourth-order valence-electron chi connectivity index (χ4n) is 1.00. The van der Waals surface area contributed by atoms with Crippen molar-refractivity contribution in [2.45, 2.75) is 0 Å². The normalized spacial score (nSPS) is 9.73. The number of benzene rings is 1. The highest BCUT2D eigenvalue weighted by atomic mass is 35.5. The van der Waals surface area contributed by atoms with Gasteiger partial charge < -0.3 is 16.8 Å². The second-order valence-corrected chi connectivity index (χ2v) is 3.22. The Morgan fingerprint density at radius 1 is 1.40 bits per heavy atom. The maximum absolute atomic E-state index is 11.0. The Kier molecular flexibility index (Phi) is 3.65. The van der Waals surface area contributed by atoms with Crippen molar-refractivity contribution in [3.05, 3.63) is 28.8 Å². The summed E-state index contributed by atoms with van der Waals surface area (Å²) >= 11 is 5.72. The summed E-state index contributed by atoms with van der Waals surface area (Å²) in [6.07, 6.45) is 0. The Balaban J connectivity index is 2.97. The summed E-state index contributed by atoms with van der Waals surface area (Å²) in [5.74, 6) is -1.00. The van der Waals surface area contributed by atoms with E-state index in [1.54, 1.807) is 6.07 Å². The molecular formula is C9H10ClN3O2. The van der Waals surface area contributed by atoms with Crippen LogP contribution >= 0.6 is 11.6 Å². The van der Waals surface area contributed by atoms with Gasteiger partial charge >= 0.3 is 0 Å². The van der Waals surface area contributed by atoms with Crippen molar-refractivity contribution in [3.63, 3.8) is 0 Å². The van der Waals surface area contributed by atoms with E-state index in [4.69, 9.17) is 23.1 Å². The van der Waals surface area contributed by atoms with Gasteiger partial charge in [-0.05, 0) is 18.2 Å². The zero-order valence-corrected chi connectivity index (χ0v) is 8.54. The molecule has 0 saturated heterocycles. The molecule has 0 radical (unpaired) electrons. The zero-order chi connectivity index (χ0) is 11.4. The molecule has 1 aromatic carbocycles. The lowest BCUT2D eigenvalue weighted by Gasteiger charge is -2.05. The molecule has 80 valence electrons. The summed E-state index contributed by atoms with van der Waals surface area (Å²) in [5.41, 5.74) is 10.8. The van der Waals surface area contributed by atoms with Gasteiger partial charge in [0.05, 0.1) is 17.1 Å². The van der Waals surface area contributed by atoms with Gasteiger partial charge in [-0.2, -0.15) is 0 Å². The third kappa shape index (κ3) is 2.93. The summed E-state index contributed by atoms with van der Waals surface area (Å²) < 4.78 is 0. The molecule has 15 heavy (non-hydrogen) atoms. The monoisotopic (exact) mass is 227 g/mol. The fraction of sp³-hybridized carbons (Fsp3) is 0.111. The predicted molar refractivity (Wildman–Crippen MR) is 57.7 cm³/mol. The molecule has 0 aliphatic heterocycles. The number of carbonyl (C=O) groups excluding carboxylic acids is 2. The van der Waals surface area contributed by atoms with Gasteiger partial charge in [-0.1, -0.05) is 11.6 Å². The lowest BCUT2D eigenvalue weighted by molar-refractivity contribution is -0.114. The molecular weight excluding hydrogens is 218 g/mol. The Morgan fingerprint density at radius 3 is 2.60 bits per heavy atom. The highest BCUT2D eigenvalue weighted by molar-refractivity contribution is 6.33. The smallest absolute Gasteiger partial charge is 0.250 e. The minimum atomic E-state index is -0.649. The first-order chi connectivity index (χ1) is 7.04. The number of hydrogen-bond donors (Lipinski definition) is 3. The largest absolute Gasteiger partial charge is 0.366 e. The molecule has 0 aromatic heterocycles. The molecule has 0 spiro atoms. The van der Waals surface area contributed by atoms with Gasteiger partial charge in [0.1, 0.15) is 0 Å². The maximum Gasteiger partial charge on any atom is 0.250 e. The van der Waals surface area contributed by atoms with Crippen molar-refractivity contribution < 1.29 is 9.59 Å². The van der Waals surface area contributed by atoms with E-state index in [1.807, 2.05) is 0 Å². The van der Waals surface area contributed by atoms with Crippen molar-refractivity contribution in [1.29, 1.82) is 0 Å². The minimum absolute atomic E-state index is 0.130. The van der Waals surface area contributed by atoms with Crippen LogP contribution in [0.1, 0.15) is 10.4 Å². The number of hydrogen-bond acceptors (Lipinski definition) is 3. The van der Waals surface area contributed by atoms with E-state index in [0.717, 1.165) is 0 Å². The predicted octanol–water partition coefficient (Wildman–Crippen LogP) is 0.336. The van der Waals surface area contributed by atoms with Crippen molar-refractivity contribution in [3.8, 4) is 0 Å². The second-order valence-electron chi connectivity index (χ2n) is 2.81. The van der Waals surface area contributed by atoms with Crippen LogP contribution in [-0.4, -0.2) is 18.4 Å². The molecule has 0 fully saturated rings. The fourth-order valence-corrected chi connectivity index (χ4v) is 1.21. The molecule has 0 bridgehead atoms. The third-order valence-electron chi connectivity index (χ3n) is 1.70. The quantitative estimate of drug-likeness (QED) is 0.694. The maximum atomic E-state index is 11.0. The highest BCUT2D eigenvalue weighted by Gasteiger charge is 2.08. The van der Waals surface area contributed by atoms with Crippen molar-refractivity contribution >= 4 is 29.1 Å². The van der Waals surface area contributed by atoms with Crippen LogP contribution in [0, 0.1) is 0 Å². The summed E-state index contributed by atoms with van der Waals surface area (Å²) in [4.78, 5) is 21.9. The van der Waals surface area contributed by atoms with Gasteiger partial charge in [0, 0.05) is 5.69 Å². The number of nitrogens with one attached hydrogen (secondary N) is 1. The van der Waals surface area contributed by atoms with Crippen LogP contribution in [-0.2, 0) is 4.79 Å². The van der Waals surface area contributed by atoms with Crippen LogP contribution < -0.4 is 16.8 Å². The second kappa shape index (κ2) is 4.77. The summed E-state index contributed by atoms with van der Waals surface area (Å²) in [6, 6.07) is 4.44. The van der Waals surface area contributed by atoms with Crippen molar-refractivity contribution in [1.82, 2.24) is 0 Å².